The molecule has 0 spiro atoms. The molecule has 0 fully saturated rings. The molecular formula is C14H12Se. The van der Waals surface area contributed by atoms with Crippen LogP contribution in [0, 0.1) is 0 Å². The molecule has 1 aromatic rings. The Hall–Kier alpha value is -1.04. The second kappa shape index (κ2) is 3.84. The molecule has 1 aromatic carbocycles. The number of fused-ring (bicyclic) bond motifs is 1. The molecule has 1 heterocycles. The van der Waals surface area contributed by atoms with E-state index in [2.05, 4.69) is 47.5 Å². The molecule has 0 amide bonds. The van der Waals surface area contributed by atoms with E-state index < -0.39 is 0 Å². The van der Waals surface area contributed by atoms with Gasteiger partial charge in [0.1, 0.15) is 0 Å². The summed E-state index contributed by atoms with van der Waals surface area (Å²) in [4.78, 5) is 2.40. The Morgan fingerprint density at radius 1 is 1.07 bits per heavy atom. The zero-order chi connectivity index (χ0) is 10.1. The fraction of sp³-hybridized carbons (Fsp3) is 0.143. The van der Waals surface area contributed by atoms with Gasteiger partial charge in [-0.25, -0.2) is 0 Å². The Kier molecular flexibility index (Phi) is 2.36. The van der Waals surface area contributed by atoms with Crippen molar-refractivity contribution in [2.24, 2.45) is 0 Å². The van der Waals surface area contributed by atoms with E-state index in [0.29, 0.717) is 15.0 Å². The van der Waals surface area contributed by atoms with Gasteiger partial charge in [-0.15, -0.1) is 0 Å². The monoisotopic (exact) mass is 260 g/mol. The predicted molar refractivity (Wildman–Crippen MR) is 65.8 cm³/mol. The van der Waals surface area contributed by atoms with Crippen molar-refractivity contribution in [3.05, 3.63) is 56.9 Å². The molecule has 1 aliphatic heterocycles. The molecule has 1 heteroatoms. The molecule has 0 atom stereocenters. The van der Waals surface area contributed by atoms with Crippen molar-refractivity contribution < 1.29 is 0 Å². The van der Waals surface area contributed by atoms with Crippen LogP contribution in [0.3, 0.4) is 0 Å². The van der Waals surface area contributed by atoms with Gasteiger partial charge in [0, 0.05) is 0 Å². The minimum atomic E-state index is 0.509. The first-order valence-electron chi connectivity index (χ1n) is 5.27. The van der Waals surface area contributed by atoms with E-state index in [1.54, 1.807) is 10.0 Å². The number of hydrogen-bond donors (Lipinski definition) is 0. The fourth-order valence-corrected chi connectivity index (χ4v) is 3.99. The van der Waals surface area contributed by atoms with Crippen LogP contribution in [0.4, 0.5) is 0 Å². The normalized spacial score (nSPS) is 18.4. The molecule has 0 aromatic heterocycles. The fourth-order valence-electron chi connectivity index (χ4n) is 1.98. The maximum atomic E-state index is 2.40. The quantitative estimate of drug-likeness (QED) is 0.620. The summed E-state index contributed by atoms with van der Waals surface area (Å²) in [5, 5.41) is 2.79. The second-order valence-corrected chi connectivity index (χ2v) is 5.75. The summed E-state index contributed by atoms with van der Waals surface area (Å²) in [5.41, 5.74) is 1.55. The Morgan fingerprint density at radius 2 is 1.93 bits per heavy atom. The van der Waals surface area contributed by atoms with Crippen molar-refractivity contribution in [2.75, 3.05) is 0 Å². The minimum absolute atomic E-state index is 0.509. The average Bonchev–Trinajstić information content (AvgIpc) is 2.48. The predicted octanol–water partition coefficient (Wildman–Crippen LogP) is 1.53. The van der Waals surface area contributed by atoms with Gasteiger partial charge >= 0.3 is 95.7 Å². The topological polar surface area (TPSA) is 0 Å². The van der Waals surface area contributed by atoms with E-state index in [1.165, 1.54) is 23.3 Å². The Bertz CT molecular complexity index is 561. The standard InChI is InChI=1S/C14H12Se/c1-2-7-13-10-15-14-8-4-3-6-12(14)9-11(13)5-1/h1-2,4-5,7-10H,3,6H2. The van der Waals surface area contributed by atoms with Gasteiger partial charge < -0.3 is 0 Å². The van der Waals surface area contributed by atoms with E-state index in [-0.39, 0.29) is 0 Å². The third-order valence-corrected chi connectivity index (χ3v) is 4.95. The van der Waals surface area contributed by atoms with Crippen LogP contribution in [0.1, 0.15) is 12.8 Å². The summed E-state index contributed by atoms with van der Waals surface area (Å²) >= 11 is 0.509. The number of hydrogen-bond acceptors (Lipinski definition) is 0. The average molecular weight is 259 g/mol. The number of benzene rings is 1. The van der Waals surface area contributed by atoms with Crippen LogP contribution < -0.4 is 10.4 Å². The number of rotatable bonds is 0. The van der Waals surface area contributed by atoms with Crippen LogP contribution in [0.25, 0.3) is 11.1 Å². The Balaban J connectivity index is 2.25. The molecule has 0 N–H and O–H groups in total. The Labute approximate surface area is 95.9 Å². The summed E-state index contributed by atoms with van der Waals surface area (Å²) in [6.07, 6.45) is 9.42. The molecular weight excluding hydrogens is 247 g/mol. The van der Waals surface area contributed by atoms with Crippen molar-refractivity contribution in [3.8, 4) is 0 Å². The zero-order valence-corrected chi connectivity index (χ0v) is 10.2. The van der Waals surface area contributed by atoms with E-state index in [0.717, 1.165) is 0 Å². The summed E-state index contributed by atoms with van der Waals surface area (Å²) in [6.45, 7) is 0. The summed E-state index contributed by atoms with van der Waals surface area (Å²) in [6, 6.07) is 8.69. The molecule has 1 aliphatic carbocycles. The van der Waals surface area contributed by atoms with Gasteiger partial charge in [-0.1, -0.05) is 0 Å². The van der Waals surface area contributed by atoms with Gasteiger partial charge in [0.15, 0.2) is 0 Å². The van der Waals surface area contributed by atoms with Gasteiger partial charge in [-0.2, -0.15) is 0 Å². The Morgan fingerprint density at radius 3 is 2.87 bits per heavy atom. The molecule has 3 rings (SSSR count). The van der Waals surface area contributed by atoms with E-state index in [4.69, 9.17) is 0 Å². The zero-order valence-electron chi connectivity index (χ0n) is 8.44. The summed E-state index contributed by atoms with van der Waals surface area (Å²) in [5.74, 6) is 0. The van der Waals surface area contributed by atoms with Crippen LogP contribution in [-0.2, 0) is 0 Å². The first-order valence-corrected chi connectivity index (χ1v) is 7.11. The van der Waals surface area contributed by atoms with Crippen LogP contribution in [-0.4, -0.2) is 15.0 Å². The number of allylic oxidation sites excluding steroid dienone is 4. The van der Waals surface area contributed by atoms with Gasteiger partial charge in [-0.3, -0.25) is 0 Å². The molecule has 0 saturated heterocycles. The van der Waals surface area contributed by atoms with Gasteiger partial charge in [0.25, 0.3) is 0 Å². The van der Waals surface area contributed by atoms with Crippen molar-refractivity contribution in [1.29, 1.82) is 0 Å². The third kappa shape index (κ3) is 1.73. The summed E-state index contributed by atoms with van der Waals surface area (Å²) in [7, 11) is 0. The van der Waals surface area contributed by atoms with Crippen molar-refractivity contribution in [1.82, 2.24) is 0 Å². The van der Waals surface area contributed by atoms with Crippen LogP contribution in [0.15, 0.2) is 46.5 Å². The van der Waals surface area contributed by atoms with E-state index in [9.17, 15) is 0 Å². The van der Waals surface area contributed by atoms with Crippen LogP contribution >= 0.6 is 0 Å². The van der Waals surface area contributed by atoms with Crippen molar-refractivity contribution in [2.45, 2.75) is 12.8 Å². The third-order valence-electron chi connectivity index (χ3n) is 2.80. The van der Waals surface area contributed by atoms with Crippen LogP contribution in [0.5, 0.6) is 0 Å². The van der Waals surface area contributed by atoms with Gasteiger partial charge in [0.05, 0.1) is 0 Å². The molecule has 15 heavy (non-hydrogen) atoms. The van der Waals surface area contributed by atoms with E-state index in [1.807, 2.05) is 0 Å². The van der Waals surface area contributed by atoms with Gasteiger partial charge in [-0.05, 0) is 0 Å². The molecule has 0 unspecified atom stereocenters. The SMILES string of the molecule is C1=CC2=C(C=c3ccccc3=C[Se]2)CC1. The van der Waals surface area contributed by atoms with E-state index >= 15 is 0 Å². The van der Waals surface area contributed by atoms with Crippen molar-refractivity contribution in [3.63, 3.8) is 0 Å². The summed E-state index contributed by atoms with van der Waals surface area (Å²) < 4.78 is 1.56. The van der Waals surface area contributed by atoms with Gasteiger partial charge in [0.2, 0.25) is 0 Å². The van der Waals surface area contributed by atoms with Crippen LogP contribution in [0.2, 0.25) is 0 Å². The molecule has 0 radical (unpaired) electrons. The molecule has 2 aliphatic rings. The first-order chi connectivity index (χ1) is 7.43. The first kappa shape index (κ1) is 9.20. The maximum absolute atomic E-state index is 2.40. The molecule has 0 bridgehead atoms. The molecule has 74 valence electrons. The molecule has 0 saturated carbocycles. The molecule has 0 nitrogen and oxygen atoms in total. The van der Waals surface area contributed by atoms with Crippen molar-refractivity contribution >= 4 is 26.0 Å². The second-order valence-electron chi connectivity index (χ2n) is 3.84.